The minimum Gasteiger partial charge on any atom is -0.481 e. The van der Waals surface area contributed by atoms with E-state index >= 15 is 0 Å². The Kier molecular flexibility index (Phi) is 2.40. The second kappa shape index (κ2) is 3.83. The minimum absolute atomic E-state index is 0.0117. The van der Waals surface area contributed by atoms with Crippen LogP contribution in [-0.4, -0.2) is 17.0 Å². The second-order valence-electron chi connectivity index (χ2n) is 5.12. The van der Waals surface area contributed by atoms with Crippen molar-refractivity contribution in [1.29, 1.82) is 0 Å². The Morgan fingerprint density at radius 2 is 2.06 bits per heavy atom. The molecule has 1 amide bonds. The first-order valence-electron chi connectivity index (χ1n) is 6.29. The number of hydrogen-bond acceptors (Lipinski definition) is 2. The van der Waals surface area contributed by atoms with Crippen molar-refractivity contribution in [3.05, 3.63) is 29.3 Å². The third-order valence-corrected chi connectivity index (χ3v) is 4.18. The maximum atomic E-state index is 11.6. The predicted octanol–water partition coefficient (Wildman–Crippen LogP) is 2.08. The summed E-state index contributed by atoms with van der Waals surface area (Å²) in [5, 5.41) is 12.3. The highest BCUT2D eigenvalue weighted by Gasteiger charge is 2.47. The van der Waals surface area contributed by atoms with Crippen molar-refractivity contribution in [3.63, 3.8) is 0 Å². The van der Waals surface area contributed by atoms with Gasteiger partial charge in [-0.15, -0.1) is 0 Å². The predicted molar refractivity (Wildman–Crippen MR) is 66.6 cm³/mol. The highest BCUT2D eigenvalue weighted by molar-refractivity contribution is 5.95. The van der Waals surface area contributed by atoms with E-state index in [-0.39, 0.29) is 5.91 Å². The van der Waals surface area contributed by atoms with E-state index in [1.54, 1.807) is 0 Å². The van der Waals surface area contributed by atoms with Crippen molar-refractivity contribution in [2.75, 3.05) is 5.32 Å². The SMILES string of the molecule is O=C1CCc2c(cccc2C2(C(=O)O)CCC2)N1. The number of rotatable bonds is 2. The first-order valence-corrected chi connectivity index (χ1v) is 6.29. The largest absolute Gasteiger partial charge is 0.481 e. The summed E-state index contributed by atoms with van der Waals surface area (Å²) in [5.74, 6) is -0.725. The number of carbonyl (C=O) groups is 2. The zero-order chi connectivity index (χ0) is 12.8. The molecule has 4 heteroatoms. The molecule has 1 aromatic rings. The van der Waals surface area contributed by atoms with Crippen molar-refractivity contribution >= 4 is 17.6 Å². The summed E-state index contributed by atoms with van der Waals surface area (Å²) in [7, 11) is 0. The van der Waals surface area contributed by atoms with Crippen LogP contribution in [0.2, 0.25) is 0 Å². The van der Waals surface area contributed by atoms with Gasteiger partial charge >= 0.3 is 5.97 Å². The van der Waals surface area contributed by atoms with Gasteiger partial charge in [-0.1, -0.05) is 18.6 Å². The number of carbonyl (C=O) groups excluding carboxylic acids is 1. The second-order valence-corrected chi connectivity index (χ2v) is 5.12. The minimum atomic E-state index is -0.737. The Hall–Kier alpha value is -1.84. The van der Waals surface area contributed by atoms with Crippen LogP contribution in [0.15, 0.2) is 18.2 Å². The summed E-state index contributed by atoms with van der Waals surface area (Å²) in [4.78, 5) is 22.9. The summed E-state index contributed by atoms with van der Waals surface area (Å²) in [6.07, 6.45) is 3.45. The summed E-state index contributed by atoms with van der Waals surface area (Å²) in [6.45, 7) is 0. The number of carboxylic acids is 1. The average Bonchev–Trinajstić information content (AvgIpc) is 2.26. The summed E-state index contributed by atoms with van der Waals surface area (Å²) >= 11 is 0. The molecule has 0 radical (unpaired) electrons. The molecule has 1 aliphatic carbocycles. The number of benzene rings is 1. The maximum absolute atomic E-state index is 11.6. The number of anilines is 1. The fraction of sp³-hybridized carbons (Fsp3) is 0.429. The summed E-state index contributed by atoms with van der Waals surface area (Å²) < 4.78 is 0. The Morgan fingerprint density at radius 1 is 1.28 bits per heavy atom. The number of nitrogens with one attached hydrogen (secondary N) is 1. The van der Waals surface area contributed by atoms with Crippen LogP contribution in [0.25, 0.3) is 0 Å². The van der Waals surface area contributed by atoms with Crippen LogP contribution in [0.5, 0.6) is 0 Å². The fourth-order valence-electron chi connectivity index (χ4n) is 3.00. The Balaban J connectivity index is 2.11. The van der Waals surface area contributed by atoms with Crippen LogP contribution in [0.3, 0.4) is 0 Å². The lowest BCUT2D eigenvalue weighted by Gasteiger charge is -2.40. The van der Waals surface area contributed by atoms with Crippen molar-refractivity contribution < 1.29 is 14.7 Å². The monoisotopic (exact) mass is 245 g/mol. The highest BCUT2D eigenvalue weighted by Crippen LogP contribution is 2.47. The van der Waals surface area contributed by atoms with Gasteiger partial charge in [0.15, 0.2) is 0 Å². The quantitative estimate of drug-likeness (QED) is 0.838. The highest BCUT2D eigenvalue weighted by atomic mass is 16.4. The van der Waals surface area contributed by atoms with E-state index in [1.165, 1.54) is 0 Å². The number of fused-ring (bicyclic) bond motifs is 1. The number of aliphatic carboxylic acids is 1. The average molecular weight is 245 g/mol. The van der Waals surface area contributed by atoms with E-state index < -0.39 is 11.4 Å². The normalized spacial score (nSPS) is 20.6. The molecule has 0 aromatic heterocycles. The molecule has 1 fully saturated rings. The van der Waals surface area contributed by atoms with Crippen LogP contribution < -0.4 is 5.32 Å². The molecule has 1 saturated carbocycles. The van der Waals surface area contributed by atoms with E-state index in [1.807, 2.05) is 18.2 Å². The number of amides is 1. The van der Waals surface area contributed by atoms with Crippen molar-refractivity contribution in [2.45, 2.75) is 37.5 Å². The molecular weight excluding hydrogens is 230 g/mol. The Labute approximate surface area is 105 Å². The Morgan fingerprint density at radius 3 is 2.67 bits per heavy atom. The third-order valence-electron chi connectivity index (χ3n) is 4.18. The molecule has 4 nitrogen and oxygen atoms in total. The van der Waals surface area contributed by atoms with Gasteiger partial charge in [0.25, 0.3) is 0 Å². The third kappa shape index (κ3) is 1.45. The maximum Gasteiger partial charge on any atom is 0.314 e. The molecule has 0 spiro atoms. The van der Waals surface area contributed by atoms with Gasteiger partial charge in [-0.2, -0.15) is 0 Å². The van der Waals surface area contributed by atoms with Gasteiger partial charge in [0.1, 0.15) is 0 Å². The van der Waals surface area contributed by atoms with Crippen molar-refractivity contribution in [3.8, 4) is 0 Å². The van der Waals surface area contributed by atoms with Crippen LogP contribution in [-0.2, 0) is 21.4 Å². The lowest BCUT2D eigenvalue weighted by molar-refractivity contribution is -0.147. The molecule has 1 aliphatic heterocycles. The van der Waals surface area contributed by atoms with Crippen LogP contribution in [0.1, 0.15) is 36.8 Å². The van der Waals surface area contributed by atoms with E-state index in [0.717, 1.165) is 23.2 Å². The molecule has 3 rings (SSSR count). The number of carboxylic acid groups (broad SMARTS) is 1. The Bertz CT molecular complexity index is 532. The van der Waals surface area contributed by atoms with Crippen molar-refractivity contribution in [2.24, 2.45) is 0 Å². The molecule has 18 heavy (non-hydrogen) atoms. The van der Waals surface area contributed by atoms with Gasteiger partial charge in [0.05, 0.1) is 5.41 Å². The van der Waals surface area contributed by atoms with Gasteiger partial charge in [0.2, 0.25) is 5.91 Å². The molecule has 2 N–H and O–H groups in total. The van der Waals surface area contributed by atoms with Gasteiger partial charge in [0, 0.05) is 12.1 Å². The smallest absolute Gasteiger partial charge is 0.314 e. The zero-order valence-corrected chi connectivity index (χ0v) is 10.0. The fourth-order valence-corrected chi connectivity index (χ4v) is 3.00. The lowest BCUT2D eigenvalue weighted by atomic mass is 9.63. The molecule has 2 aliphatic rings. The topological polar surface area (TPSA) is 66.4 Å². The van der Waals surface area contributed by atoms with Crippen LogP contribution in [0.4, 0.5) is 5.69 Å². The molecule has 0 bridgehead atoms. The van der Waals surface area contributed by atoms with Gasteiger partial charge < -0.3 is 10.4 Å². The zero-order valence-electron chi connectivity index (χ0n) is 10.0. The first kappa shape index (κ1) is 11.3. The molecule has 1 aromatic carbocycles. The van der Waals surface area contributed by atoms with E-state index in [4.69, 9.17) is 0 Å². The van der Waals surface area contributed by atoms with Crippen LogP contribution in [0, 0.1) is 0 Å². The molecule has 0 unspecified atom stereocenters. The van der Waals surface area contributed by atoms with Gasteiger partial charge in [-0.3, -0.25) is 9.59 Å². The van der Waals surface area contributed by atoms with E-state index in [9.17, 15) is 14.7 Å². The molecule has 94 valence electrons. The molecule has 1 heterocycles. The van der Waals surface area contributed by atoms with E-state index in [2.05, 4.69) is 5.32 Å². The molecule has 0 atom stereocenters. The van der Waals surface area contributed by atoms with Crippen LogP contribution >= 0.6 is 0 Å². The molecule has 0 saturated heterocycles. The number of hydrogen-bond donors (Lipinski definition) is 2. The summed E-state index contributed by atoms with van der Waals surface area (Å²) in [6, 6.07) is 5.59. The van der Waals surface area contributed by atoms with Gasteiger partial charge in [-0.25, -0.2) is 0 Å². The summed E-state index contributed by atoms with van der Waals surface area (Å²) in [5.41, 5.74) is 1.99. The standard InChI is InChI=1S/C14H15NO3/c16-12-6-5-9-10(3-1-4-11(9)15-12)14(13(17)18)7-2-8-14/h1,3-4H,2,5-8H2,(H,15,16)(H,17,18). The first-order chi connectivity index (χ1) is 8.63. The lowest BCUT2D eigenvalue weighted by Crippen LogP contribution is -2.43. The van der Waals surface area contributed by atoms with Crippen molar-refractivity contribution in [1.82, 2.24) is 0 Å². The molecular formula is C14H15NO3. The van der Waals surface area contributed by atoms with E-state index in [0.29, 0.717) is 25.7 Å². The van der Waals surface area contributed by atoms with Gasteiger partial charge in [-0.05, 0) is 36.5 Å².